The van der Waals surface area contributed by atoms with Gasteiger partial charge < -0.3 is 14.4 Å². The van der Waals surface area contributed by atoms with Gasteiger partial charge in [0.05, 0.1) is 12.0 Å². The van der Waals surface area contributed by atoms with E-state index in [9.17, 15) is 13.2 Å². The van der Waals surface area contributed by atoms with Gasteiger partial charge in [-0.2, -0.15) is 4.31 Å². The number of benzene rings is 1. The summed E-state index contributed by atoms with van der Waals surface area (Å²) in [5.74, 6) is 0.774. The summed E-state index contributed by atoms with van der Waals surface area (Å²) in [4.78, 5) is 18.2. The van der Waals surface area contributed by atoms with Gasteiger partial charge >= 0.3 is 6.09 Å². The molecule has 1 aliphatic rings. The highest BCUT2D eigenvalue weighted by Crippen LogP contribution is 2.32. The molecular weight excluding hydrogens is 430 g/mol. The minimum Gasteiger partial charge on any atom is -0.481 e. The number of hydrogen-bond donors (Lipinski definition) is 0. The Morgan fingerprint density at radius 3 is 2.50 bits per heavy atom. The maximum atomic E-state index is 13.4. The Labute approximate surface area is 190 Å². The van der Waals surface area contributed by atoms with E-state index in [1.165, 1.54) is 7.11 Å². The minimum atomic E-state index is -3.64. The van der Waals surface area contributed by atoms with Gasteiger partial charge in [-0.25, -0.2) is 18.2 Å². The third-order valence-corrected chi connectivity index (χ3v) is 7.65. The lowest BCUT2D eigenvalue weighted by molar-refractivity contribution is 0.0287. The van der Waals surface area contributed by atoms with Crippen LogP contribution in [-0.2, 0) is 14.8 Å². The highest BCUT2D eigenvalue weighted by atomic mass is 32.2. The lowest BCUT2D eigenvalue weighted by Crippen LogP contribution is -2.40. The van der Waals surface area contributed by atoms with Crippen LogP contribution in [0, 0.1) is 5.92 Å². The molecule has 1 aromatic heterocycles. The molecule has 0 bridgehead atoms. The molecule has 2 heterocycles. The first-order chi connectivity index (χ1) is 15.0. The number of nitrogens with zero attached hydrogens (tertiary/aromatic N) is 3. The summed E-state index contributed by atoms with van der Waals surface area (Å²) in [6, 6.07) is 6.88. The van der Waals surface area contributed by atoms with E-state index in [1.54, 1.807) is 40.6 Å². The second kappa shape index (κ2) is 9.62. The number of amides is 1. The summed E-state index contributed by atoms with van der Waals surface area (Å²) >= 11 is 0. The Hall–Kier alpha value is -2.39. The number of carbonyl (C=O) groups excluding carboxylic acids is 1. The molecule has 1 saturated heterocycles. The number of piperidine rings is 1. The molecular formula is C23H33N3O5S. The van der Waals surface area contributed by atoms with Gasteiger partial charge in [0.2, 0.25) is 15.9 Å². The molecule has 1 aliphatic heterocycles. The fourth-order valence-corrected chi connectivity index (χ4v) is 5.60. The Balaban J connectivity index is 1.63. The average molecular weight is 464 g/mol. The zero-order chi connectivity index (χ0) is 23.5. The van der Waals surface area contributed by atoms with Crippen LogP contribution in [0.1, 0.15) is 40.0 Å². The van der Waals surface area contributed by atoms with Crippen LogP contribution in [0.4, 0.5) is 4.79 Å². The number of sulfonamides is 1. The largest absolute Gasteiger partial charge is 0.481 e. The molecule has 0 N–H and O–H groups in total. The van der Waals surface area contributed by atoms with Gasteiger partial charge in [-0.3, -0.25) is 0 Å². The SMILES string of the molecule is COc1nccc2c(S(=O)(=O)N3CCC(CCN(C)C(=O)OC(C)(C)C)CC3)cccc12. The minimum absolute atomic E-state index is 0.277. The van der Waals surface area contributed by atoms with Crippen LogP contribution in [0.15, 0.2) is 35.4 Å². The van der Waals surface area contributed by atoms with Crippen molar-refractivity contribution in [1.82, 2.24) is 14.2 Å². The third-order valence-electron chi connectivity index (χ3n) is 5.69. The van der Waals surface area contributed by atoms with E-state index < -0.39 is 15.6 Å². The summed E-state index contributed by atoms with van der Waals surface area (Å²) in [6.07, 6.45) is 3.57. The topological polar surface area (TPSA) is 89.0 Å². The monoisotopic (exact) mass is 463 g/mol. The molecule has 0 radical (unpaired) electrons. The summed E-state index contributed by atoms with van der Waals surface area (Å²) in [7, 11) is -0.381. The molecule has 1 aromatic carbocycles. The number of methoxy groups -OCH3 is 1. The zero-order valence-corrected chi connectivity index (χ0v) is 20.3. The summed E-state index contributed by atoms with van der Waals surface area (Å²) < 4.78 is 39.0. The summed E-state index contributed by atoms with van der Waals surface area (Å²) in [5, 5.41) is 1.29. The lowest BCUT2D eigenvalue weighted by atomic mass is 9.94. The van der Waals surface area contributed by atoms with Crippen LogP contribution < -0.4 is 4.74 Å². The van der Waals surface area contributed by atoms with Crippen molar-refractivity contribution in [3.8, 4) is 5.88 Å². The molecule has 0 spiro atoms. The van der Waals surface area contributed by atoms with E-state index in [1.807, 2.05) is 26.8 Å². The van der Waals surface area contributed by atoms with E-state index in [4.69, 9.17) is 9.47 Å². The number of pyridine rings is 1. The predicted molar refractivity (Wildman–Crippen MR) is 123 cm³/mol. The van der Waals surface area contributed by atoms with Crippen molar-refractivity contribution >= 4 is 26.9 Å². The zero-order valence-electron chi connectivity index (χ0n) is 19.5. The summed E-state index contributed by atoms with van der Waals surface area (Å²) in [6.45, 7) is 7.04. The predicted octanol–water partition coefficient (Wildman–Crippen LogP) is 3.90. The van der Waals surface area contributed by atoms with Crippen LogP contribution in [0.2, 0.25) is 0 Å². The van der Waals surface area contributed by atoms with Crippen molar-refractivity contribution in [3.05, 3.63) is 30.5 Å². The van der Waals surface area contributed by atoms with Crippen molar-refractivity contribution in [2.45, 2.75) is 50.5 Å². The molecule has 3 rings (SSSR count). The molecule has 32 heavy (non-hydrogen) atoms. The van der Waals surface area contributed by atoms with Gasteiger partial charge in [0.1, 0.15) is 5.60 Å². The molecule has 1 fully saturated rings. The third kappa shape index (κ3) is 5.50. The normalized spacial score (nSPS) is 16.2. The molecule has 0 unspecified atom stereocenters. The molecule has 0 aliphatic carbocycles. The smallest absolute Gasteiger partial charge is 0.410 e. The van der Waals surface area contributed by atoms with Crippen molar-refractivity contribution < 1.29 is 22.7 Å². The van der Waals surface area contributed by atoms with Crippen LogP contribution in [0.5, 0.6) is 5.88 Å². The molecule has 0 saturated carbocycles. The van der Waals surface area contributed by atoms with Crippen molar-refractivity contribution in [2.24, 2.45) is 5.92 Å². The lowest BCUT2D eigenvalue weighted by Gasteiger charge is -2.32. The van der Waals surface area contributed by atoms with Gasteiger partial charge in [-0.15, -0.1) is 0 Å². The van der Waals surface area contributed by atoms with E-state index in [0.29, 0.717) is 42.2 Å². The van der Waals surface area contributed by atoms with Crippen molar-refractivity contribution in [2.75, 3.05) is 33.8 Å². The second-order valence-electron chi connectivity index (χ2n) is 9.21. The van der Waals surface area contributed by atoms with E-state index in [-0.39, 0.29) is 11.0 Å². The standard InChI is InChI=1S/C23H33N3O5S/c1-23(2,3)31-22(27)25(4)14-10-17-11-15-26(16-12-17)32(28,29)20-8-6-7-19-18(20)9-13-24-21(19)30-5/h6-9,13,17H,10-12,14-16H2,1-5H3. The Morgan fingerprint density at radius 1 is 1.19 bits per heavy atom. The van der Waals surface area contributed by atoms with Gasteiger partial charge in [0, 0.05) is 43.7 Å². The quantitative estimate of drug-likeness (QED) is 0.646. The number of aromatic nitrogens is 1. The first-order valence-corrected chi connectivity index (χ1v) is 12.3. The Kier molecular flexibility index (Phi) is 7.29. The fraction of sp³-hybridized carbons (Fsp3) is 0.565. The fourth-order valence-electron chi connectivity index (χ4n) is 3.92. The van der Waals surface area contributed by atoms with Crippen molar-refractivity contribution in [1.29, 1.82) is 0 Å². The molecule has 176 valence electrons. The summed E-state index contributed by atoms with van der Waals surface area (Å²) in [5.41, 5.74) is -0.521. The molecule has 1 amide bonds. The number of rotatable bonds is 6. The highest BCUT2D eigenvalue weighted by molar-refractivity contribution is 7.89. The van der Waals surface area contributed by atoms with Gasteiger partial charge in [0.15, 0.2) is 0 Å². The molecule has 2 aromatic rings. The Morgan fingerprint density at radius 2 is 1.88 bits per heavy atom. The molecule has 8 nitrogen and oxygen atoms in total. The maximum absolute atomic E-state index is 13.4. The first-order valence-electron chi connectivity index (χ1n) is 10.9. The van der Waals surface area contributed by atoms with Gasteiger partial charge in [0.25, 0.3) is 0 Å². The van der Waals surface area contributed by atoms with Gasteiger partial charge in [-0.1, -0.05) is 6.07 Å². The van der Waals surface area contributed by atoms with Crippen LogP contribution in [0.25, 0.3) is 10.8 Å². The highest BCUT2D eigenvalue weighted by Gasteiger charge is 2.31. The number of carbonyl (C=O) groups is 1. The van der Waals surface area contributed by atoms with Crippen LogP contribution in [-0.4, -0.2) is 68.1 Å². The van der Waals surface area contributed by atoms with Crippen LogP contribution in [0.3, 0.4) is 0 Å². The average Bonchev–Trinajstić information content (AvgIpc) is 2.75. The van der Waals surface area contributed by atoms with E-state index >= 15 is 0 Å². The van der Waals surface area contributed by atoms with Crippen molar-refractivity contribution in [3.63, 3.8) is 0 Å². The number of fused-ring (bicyclic) bond motifs is 1. The van der Waals surface area contributed by atoms with E-state index in [0.717, 1.165) is 19.3 Å². The van der Waals surface area contributed by atoms with E-state index in [2.05, 4.69) is 4.98 Å². The molecule has 9 heteroatoms. The van der Waals surface area contributed by atoms with Crippen LogP contribution >= 0.6 is 0 Å². The Bertz CT molecular complexity index is 1060. The second-order valence-corrected chi connectivity index (χ2v) is 11.1. The number of hydrogen-bond acceptors (Lipinski definition) is 6. The molecule has 0 atom stereocenters. The van der Waals surface area contributed by atoms with Gasteiger partial charge in [-0.05, 0) is 64.2 Å². The maximum Gasteiger partial charge on any atom is 0.410 e. The first kappa shape index (κ1) is 24.3. The number of ether oxygens (including phenoxy) is 2.